The number of carbonyl (C=O) groups is 1. The van der Waals surface area contributed by atoms with E-state index in [-0.39, 0.29) is 0 Å². The standard InChI is InChI=1S/C16H12N2O/c17-15(19)16-12-7-3-1-5-10(12)9-14(18-16)11-6-2-4-8-13(11)16/h1-8H,9H2,(H2,17,19). The second-order valence-corrected chi connectivity index (χ2v) is 5.01. The molecule has 0 saturated heterocycles. The lowest BCUT2D eigenvalue weighted by Crippen LogP contribution is -2.41. The van der Waals surface area contributed by atoms with Crippen molar-refractivity contribution >= 4 is 11.6 Å². The summed E-state index contributed by atoms with van der Waals surface area (Å²) in [5.41, 5.74) is 9.72. The first kappa shape index (κ1) is 10.5. The summed E-state index contributed by atoms with van der Waals surface area (Å²) in [6.07, 6.45) is 0.766. The van der Waals surface area contributed by atoms with Crippen LogP contribution in [0.15, 0.2) is 53.5 Å². The van der Waals surface area contributed by atoms with Crippen LogP contribution in [0.3, 0.4) is 0 Å². The molecular formula is C16H12N2O. The number of carbonyl (C=O) groups excluding carboxylic acids is 1. The van der Waals surface area contributed by atoms with E-state index in [4.69, 9.17) is 5.73 Å². The molecule has 2 aromatic rings. The molecule has 2 aliphatic heterocycles. The van der Waals surface area contributed by atoms with Gasteiger partial charge in [0.15, 0.2) is 5.54 Å². The topological polar surface area (TPSA) is 55.5 Å². The van der Waals surface area contributed by atoms with Gasteiger partial charge in [0.25, 0.3) is 5.91 Å². The van der Waals surface area contributed by atoms with E-state index in [0.29, 0.717) is 0 Å². The monoisotopic (exact) mass is 248 g/mol. The fourth-order valence-corrected chi connectivity index (χ4v) is 3.24. The number of amides is 1. The maximum absolute atomic E-state index is 12.2. The van der Waals surface area contributed by atoms with Crippen LogP contribution in [-0.4, -0.2) is 11.6 Å². The number of rotatable bonds is 1. The Kier molecular flexibility index (Phi) is 1.83. The van der Waals surface area contributed by atoms with E-state index in [1.807, 2.05) is 48.5 Å². The molecule has 0 radical (unpaired) electrons. The van der Waals surface area contributed by atoms with Gasteiger partial charge in [-0.3, -0.25) is 9.79 Å². The lowest BCUT2D eigenvalue weighted by Gasteiger charge is -2.28. The van der Waals surface area contributed by atoms with Gasteiger partial charge in [-0.2, -0.15) is 0 Å². The summed E-state index contributed by atoms with van der Waals surface area (Å²) in [7, 11) is 0. The van der Waals surface area contributed by atoms with E-state index in [0.717, 1.165) is 34.4 Å². The Hall–Kier alpha value is -2.42. The van der Waals surface area contributed by atoms with E-state index in [2.05, 4.69) is 4.99 Å². The van der Waals surface area contributed by atoms with Crippen molar-refractivity contribution in [2.24, 2.45) is 10.7 Å². The predicted octanol–water partition coefficient (Wildman–Crippen LogP) is 1.77. The lowest BCUT2D eigenvalue weighted by atomic mass is 9.81. The van der Waals surface area contributed by atoms with Crippen LogP contribution in [-0.2, 0) is 16.8 Å². The molecule has 0 aliphatic carbocycles. The molecule has 2 N–H and O–H groups in total. The number of fused-ring (bicyclic) bond motifs is 6. The van der Waals surface area contributed by atoms with E-state index >= 15 is 0 Å². The Morgan fingerprint density at radius 3 is 2.53 bits per heavy atom. The number of primary amides is 1. The summed E-state index contributed by atoms with van der Waals surface area (Å²) in [5, 5.41) is 0. The quantitative estimate of drug-likeness (QED) is 0.821. The van der Waals surface area contributed by atoms with E-state index in [1.54, 1.807) is 0 Å². The molecule has 1 unspecified atom stereocenters. The number of nitrogens with zero attached hydrogens (tertiary/aromatic N) is 1. The molecule has 1 atom stereocenters. The highest BCUT2D eigenvalue weighted by molar-refractivity contribution is 6.13. The van der Waals surface area contributed by atoms with E-state index < -0.39 is 11.4 Å². The summed E-state index contributed by atoms with van der Waals surface area (Å²) < 4.78 is 0. The minimum absolute atomic E-state index is 0.401. The molecule has 19 heavy (non-hydrogen) atoms. The fourth-order valence-electron chi connectivity index (χ4n) is 3.24. The highest BCUT2D eigenvalue weighted by Crippen LogP contribution is 2.46. The minimum Gasteiger partial charge on any atom is -0.367 e. The Labute approximate surface area is 110 Å². The second-order valence-electron chi connectivity index (χ2n) is 5.01. The van der Waals surface area contributed by atoms with Gasteiger partial charge in [-0.15, -0.1) is 0 Å². The molecule has 1 amide bonds. The summed E-state index contributed by atoms with van der Waals surface area (Å²) in [4.78, 5) is 16.9. The highest BCUT2D eigenvalue weighted by Gasteiger charge is 2.50. The van der Waals surface area contributed by atoms with Crippen LogP contribution in [0.4, 0.5) is 0 Å². The van der Waals surface area contributed by atoms with Gasteiger partial charge in [0.2, 0.25) is 0 Å². The van der Waals surface area contributed by atoms with Crippen LogP contribution in [0, 0.1) is 0 Å². The molecule has 0 aromatic heterocycles. The van der Waals surface area contributed by atoms with Gasteiger partial charge >= 0.3 is 0 Å². The lowest BCUT2D eigenvalue weighted by molar-refractivity contribution is -0.121. The first-order valence-electron chi connectivity index (χ1n) is 6.30. The van der Waals surface area contributed by atoms with Crippen molar-refractivity contribution in [3.8, 4) is 0 Å². The number of benzene rings is 2. The zero-order valence-electron chi connectivity index (χ0n) is 10.3. The molecular weight excluding hydrogens is 236 g/mol. The average Bonchev–Trinajstić information content (AvgIpc) is 2.71. The summed E-state index contributed by atoms with van der Waals surface area (Å²) >= 11 is 0. The van der Waals surface area contributed by atoms with Crippen molar-refractivity contribution in [1.29, 1.82) is 0 Å². The van der Waals surface area contributed by atoms with Crippen molar-refractivity contribution in [1.82, 2.24) is 0 Å². The maximum atomic E-state index is 12.2. The maximum Gasteiger partial charge on any atom is 0.254 e. The molecule has 3 nitrogen and oxygen atoms in total. The van der Waals surface area contributed by atoms with Crippen LogP contribution >= 0.6 is 0 Å². The Morgan fingerprint density at radius 2 is 1.74 bits per heavy atom. The molecule has 0 spiro atoms. The zero-order valence-corrected chi connectivity index (χ0v) is 10.3. The molecule has 3 heteroatoms. The third-order valence-electron chi connectivity index (χ3n) is 4.05. The second kappa shape index (κ2) is 3.32. The van der Waals surface area contributed by atoms with Gasteiger partial charge in [0.05, 0.1) is 0 Å². The van der Waals surface area contributed by atoms with Gasteiger partial charge in [0.1, 0.15) is 0 Å². The van der Waals surface area contributed by atoms with Gasteiger partial charge in [-0.25, -0.2) is 0 Å². The Bertz CT molecular complexity index is 748. The normalized spacial score (nSPS) is 22.4. The number of nitrogens with two attached hydrogens (primary N) is 1. The molecule has 4 rings (SSSR count). The van der Waals surface area contributed by atoms with Crippen LogP contribution in [0.1, 0.15) is 22.3 Å². The molecule has 92 valence electrons. The van der Waals surface area contributed by atoms with Crippen molar-refractivity contribution in [3.63, 3.8) is 0 Å². The SMILES string of the molecule is NC(=O)C12N=C(Cc3ccccc31)c1ccccc12. The zero-order chi connectivity index (χ0) is 13.0. The van der Waals surface area contributed by atoms with Gasteiger partial charge in [-0.05, 0) is 11.1 Å². The molecule has 2 aliphatic rings. The molecule has 2 aromatic carbocycles. The van der Waals surface area contributed by atoms with Crippen LogP contribution in [0.2, 0.25) is 0 Å². The molecule has 2 heterocycles. The summed E-state index contributed by atoms with van der Waals surface area (Å²) in [5.74, 6) is -0.401. The predicted molar refractivity (Wildman–Crippen MR) is 73.1 cm³/mol. The van der Waals surface area contributed by atoms with Gasteiger partial charge < -0.3 is 5.73 Å². The van der Waals surface area contributed by atoms with Crippen molar-refractivity contribution < 1.29 is 4.79 Å². The van der Waals surface area contributed by atoms with Crippen LogP contribution in [0.5, 0.6) is 0 Å². The summed E-state index contributed by atoms with van der Waals surface area (Å²) in [6.45, 7) is 0. The number of aliphatic imine (C=N–C) groups is 1. The summed E-state index contributed by atoms with van der Waals surface area (Å²) in [6, 6.07) is 15.8. The Balaban J connectivity index is 2.13. The number of hydrogen-bond acceptors (Lipinski definition) is 2. The largest absolute Gasteiger partial charge is 0.367 e. The molecule has 2 bridgehead atoms. The smallest absolute Gasteiger partial charge is 0.254 e. The Morgan fingerprint density at radius 1 is 1.05 bits per heavy atom. The molecule has 0 saturated carbocycles. The fraction of sp³-hybridized carbons (Fsp3) is 0.125. The third-order valence-corrected chi connectivity index (χ3v) is 4.05. The van der Waals surface area contributed by atoms with Crippen molar-refractivity contribution in [2.45, 2.75) is 12.0 Å². The van der Waals surface area contributed by atoms with Crippen LogP contribution < -0.4 is 5.73 Å². The van der Waals surface area contributed by atoms with Crippen LogP contribution in [0.25, 0.3) is 0 Å². The van der Waals surface area contributed by atoms with Gasteiger partial charge in [0, 0.05) is 23.3 Å². The number of hydrogen-bond donors (Lipinski definition) is 1. The highest BCUT2D eigenvalue weighted by atomic mass is 16.1. The van der Waals surface area contributed by atoms with E-state index in [9.17, 15) is 4.79 Å². The van der Waals surface area contributed by atoms with Crippen molar-refractivity contribution in [3.05, 3.63) is 70.8 Å². The first-order valence-corrected chi connectivity index (χ1v) is 6.30. The van der Waals surface area contributed by atoms with Gasteiger partial charge in [-0.1, -0.05) is 48.5 Å². The third kappa shape index (κ3) is 1.12. The minimum atomic E-state index is -1.01. The average molecular weight is 248 g/mol. The van der Waals surface area contributed by atoms with Crippen molar-refractivity contribution in [2.75, 3.05) is 0 Å². The molecule has 0 fully saturated rings. The van der Waals surface area contributed by atoms with E-state index in [1.165, 1.54) is 0 Å². The first-order chi connectivity index (χ1) is 9.23.